The van der Waals surface area contributed by atoms with Crippen molar-refractivity contribution in [3.8, 4) is 17.0 Å². The largest absolute Gasteiger partial charge is 0.496 e. The Bertz CT molecular complexity index is 1230. The van der Waals surface area contributed by atoms with Gasteiger partial charge in [-0.25, -0.2) is 13.6 Å². The smallest absolute Gasteiger partial charge is 0.411 e. The molecule has 35 heavy (non-hydrogen) atoms. The van der Waals surface area contributed by atoms with E-state index in [-0.39, 0.29) is 18.3 Å². The first kappa shape index (κ1) is 23.3. The summed E-state index contributed by atoms with van der Waals surface area (Å²) in [6.45, 7) is 2.02. The van der Waals surface area contributed by atoms with Gasteiger partial charge in [0.1, 0.15) is 24.0 Å². The van der Waals surface area contributed by atoms with Gasteiger partial charge in [0.2, 0.25) is 0 Å². The van der Waals surface area contributed by atoms with Crippen LogP contribution < -0.4 is 10.1 Å². The Labute approximate surface area is 202 Å². The van der Waals surface area contributed by atoms with E-state index in [0.29, 0.717) is 11.8 Å². The van der Waals surface area contributed by atoms with E-state index in [1.54, 1.807) is 7.11 Å². The van der Waals surface area contributed by atoms with Gasteiger partial charge in [0.25, 0.3) is 0 Å². The van der Waals surface area contributed by atoms with Crippen LogP contribution in [0.2, 0.25) is 0 Å². The number of methoxy groups -OCH3 is 1. The number of amides is 1. The lowest BCUT2D eigenvalue weighted by Crippen LogP contribution is -2.54. The van der Waals surface area contributed by atoms with Gasteiger partial charge < -0.3 is 9.47 Å². The van der Waals surface area contributed by atoms with Crippen molar-refractivity contribution in [3.63, 3.8) is 0 Å². The summed E-state index contributed by atoms with van der Waals surface area (Å²) in [5.41, 5.74) is 2.93. The van der Waals surface area contributed by atoms with Crippen molar-refractivity contribution in [1.29, 1.82) is 0 Å². The van der Waals surface area contributed by atoms with Crippen molar-refractivity contribution >= 4 is 11.8 Å². The molecule has 0 radical (unpaired) electrons. The second kappa shape index (κ2) is 9.65. The number of rotatable bonds is 6. The fourth-order valence-electron chi connectivity index (χ4n) is 5.37. The number of ether oxygens (including phenoxy) is 2. The number of aryl methyl sites for hydroxylation is 1. The fraction of sp³-hybridized carbons (Fsp3) is 0.385. The molecule has 1 N–H and O–H groups in total. The maximum absolute atomic E-state index is 13.8. The van der Waals surface area contributed by atoms with Crippen molar-refractivity contribution in [1.82, 2.24) is 14.7 Å². The first-order valence-electron chi connectivity index (χ1n) is 11.7. The molecule has 2 bridgehead atoms. The number of fused-ring (bicyclic) bond motifs is 3. The van der Waals surface area contributed by atoms with Crippen molar-refractivity contribution in [2.24, 2.45) is 13.0 Å². The van der Waals surface area contributed by atoms with Crippen LogP contribution in [0.3, 0.4) is 0 Å². The van der Waals surface area contributed by atoms with E-state index in [2.05, 4.69) is 16.3 Å². The summed E-state index contributed by atoms with van der Waals surface area (Å²) in [5, 5.41) is 7.11. The molecule has 0 aliphatic carbocycles. The Kier molecular flexibility index (Phi) is 6.42. The van der Waals surface area contributed by atoms with Crippen molar-refractivity contribution < 1.29 is 23.0 Å². The third-order valence-corrected chi connectivity index (χ3v) is 7.13. The molecule has 1 amide bonds. The van der Waals surface area contributed by atoms with Gasteiger partial charge in [0, 0.05) is 42.9 Å². The number of hydrogen-bond donors (Lipinski definition) is 1. The van der Waals surface area contributed by atoms with Crippen LogP contribution in [-0.2, 0) is 11.8 Å². The zero-order valence-electron chi connectivity index (χ0n) is 19.7. The molecule has 3 aromatic rings. The number of hydrogen-bond acceptors (Lipinski definition) is 5. The normalized spacial score (nSPS) is 23.2. The van der Waals surface area contributed by atoms with E-state index >= 15 is 0 Å². The minimum atomic E-state index is -0.839. The number of nitrogens with zero attached hydrogens (tertiary/aromatic N) is 3. The molecule has 3 aliphatic rings. The van der Waals surface area contributed by atoms with Gasteiger partial charge >= 0.3 is 6.09 Å². The number of nitrogens with one attached hydrogen (secondary N) is 1. The van der Waals surface area contributed by atoms with E-state index in [1.807, 2.05) is 36.0 Å². The lowest BCUT2D eigenvalue weighted by molar-refractivity contribution is -0.00223. The summed E-state index contributed by atoms with van der Waals surface area (Å²) in [5.74, 6) is 0.0386. The van der Waals surface area contributed by atoms with Gasteiger partial charge in [-0.15, -0.1) is 0 Å². The fourth-order valence-corrected chi connectivity index (χ4v) is 5.37. The van der Waals surface area contributed by atoms with E-state index in [1.165, 1.54) is 11.8 Å². The van der Waals surface area contributed by atoms with Crippen molar-refractivity contribution in [2.45, 2.75) is 24.8 Å². The molecular formula is C26H28F2N4O3. The summed E-state index contributed by atoms with van der Waals surface area (Å²) >= 11 is 0. The first-order chi connectivity index (χ1) is 16.9. The van der Waals surface area contributed by atoms with Gasteiger partial charge in [0.15, 0.2) is 0 Å². The van der Waals surface area contributed by atoms with Crippen LogP contribution in [0.5, 0.6) is 5.75 Å². The maximum Gasteiger partial charge on any atom is 0.411 e. The van der Waals surface area contributed by atoms with E-state index in [4.69, 9.17) is 14.6 Å². The molecule has 1 unspecified atom stereocenters. The second-order valence-electron chi connectivity index (χ2n) is 9.17. The summed E-state index contributed by atoms with van der Waals surface area (Å²) in [6, 6.07) is 13.1. The van der Waals surface area contributed by atoms with Crippen LogP contribution in [0, 0.1) is 17.6 Å². The average Bonchev–Trinajstić information content (AvgIpc) is 3.26. The molecule has 3 aliphatic heterocycles. The molecule has 0 spiro atoms. The minimum absolute atomic E-state index is 0.107. The van der Waals surface area contributed by atoms with Gasteiger partial charge in [0.05, 0.1) is 18.5 Å². The molecule has 4 heterocycles. The molecule has 7 nitrogen and oxygen atoms in total. The van der Waals surface area contributed by atoms with Crippen LogP contribution in [-0.4, -0.2) is 53.6 Å². The van der Waals surface area contributed by atoms with Gasteiger partial charge in [-0.3, -0.25) is 14.9 Å². The zero-order valence-corrected chi connectivity index (χ0v) is 19.7. The Hall–Kier alpha value is -3.46. The number of carbonyl (C=O) groups excluding carboxylic acids is 1. The lowest BCUT2D eigenvalue weighted by Gasteiger charge is -2.49. The number of carbonyl (C=O) groups is 1. The highest BCUT2D eigenvalue weighted by atomic mass is 19.1. The van der Waals surface area contributed by atoms with Crippen LogP contribution in [0.4, 0.5) is 19.3 Å². The van der Waals surface area contributed by atoms with E-state index < -0.39 is 17.7 Å². The van der Waals surface area contributed by atoms with Crippen molar-refractivity contribution in [2.75, 3.05) is 32.1 Å². The number of anilines is 1. The number of halogens is 2. The Morgan fingerprint density at radius 1 is 1.20 bits per heavy atom. The molecule has 184 valence electrons. The highest BCUT2D eigenvalue weighted by molar-refractivity contribution is 5.84. The number of aromatic nitrogens is 2. The Morgan fingerprint density at radius 2 is 2.03 bits per heavy atom. The van der Waals surface area contributed by atoms with Crippen LogP contribution in [0.15, 0.2) is 48.5 Å². The average molecular weight is 483 g/mol. The third-order valence-electron chi connectivity index (χ3n) is 7.13. The Morgan fingerprint density at radius 3 is 2.77 bits per heavy atom. The molecule has 2 aromatic carbocycles. The third kappa shape index (κ3) is 4.73. The topological polar surface area (TPSA) is 68.6 Å². The maximum atomic E-state index is 13.8. The summed E-state index contributed by atoms with van der Waals surface area (Å²) in [6.07, 6.45) is 1.23. The van der Waals surface area contributed by atoms with Gasteiger partial charge in [-0.2, -0.15) is 5.10 Å². The molecule has 6 rings (SSSR count). The van der Waals surface area contributed by atoms with E-state index in [9.17, 15) is 13.6 Å². The standard InChI is InChI=1S/C26H28F2N4O3/c1-31-24(13-23(30-31)19-5-3-4-6-25(19)34-2)20-14-32-10-9-16(20)11-18(32)15-35-26(33)29-22-8-7-17(27)12-21(22)28/h3-8,12-13,16,18,20H,9-11,14-15H2,1-2H3,(H,29,33)/t16-,18+,20+/m0/s1. The quantitative estimate of drug-likeness (QED) is 0.547. The van der Waals surface area contributed by atoms with Crippen molar-refractivity contribution in [3.05, 3.63) is 65.9 Å². The zero-order chi connectivity index (χ0) is 24.5. The second-order valence-corrected chi connectivity index (χ2v) is 9.17. The molecule has 3 saturated heterocycles. The molecule has 3 fully saturated rings. The summed E-state index contributed by atoms with van der Waals surface area (Å²) < 4.78 is 39.7. The van der Waals surface area contributed by atoms with E-state index in [0.717, 1.165) is 55.1 Å². The minimum Gasteiger partial charge on any atom is -0.496 e. The van der Waals surface area contributed by atoms with Crippen LogP contribution in [0.25, 0.3) is 11.3 Å². The number of para-hydroxylation sites is 1. The summed E-state index contributed by atoms with van der Waals surface area (Å²) in [7, 11) is 3.64. The highest BCUT2D eigenvalue weighted by Gasteiger charge is 2.42. The molecule has 4 atom stereocenters. The highest BCUT2D eigenvalue weighted by Crippen LogP contribution is 2.43. The first-order valence-corrected chi connectivity index (χ1v) is 11.7. The van der Waals surface area contributed by atoms with Gasteiger partial charge in [-0.1, -0.05) is 12.1 Å². The number of benzene rings is 2. The molecule has 1 aromatic heterocycles. The molecule has 9 heteroatoms. The lowest BCUT2D eigenvalue weighted by atomic mass is 9.74. The van der Waals surface area contributed by atoms with Crippen LogP contribution >= 0.6 is 0 Å². The number of piperidine rings is 3. The predicted molar refractivity (Wildman–Crippen MR) is 127 cm³/mol. The molecular weight excluding hydrogens is 454 g/mol. The Balaban J connectivity index is 1.22. The monoisotopic (exact) mass is 482 g/mol. The molecule has 0 saturated carbocycles. The summed E-state index contributed by atoms with van der Waals surface area (Å²) in [4.78, 5) is 14.5. The van der Waals surface area contributed by atoms with Crippen LogP contribution in [0.1, 0.15) is 24.5 Å². The van der Waals surface area contributed by atoms with Gasteiger partial charge in [-0.05, 0) is 55.6 Å². The predicted octanol–water partition coefficient (Wildman–Crippen LogP) is 4.80. The SMILES string of the molecule is COc1ccccc1-c1cc([C@@H]2CN3CC[C@H]2C[C@@H]3COC(=O)Nc2ccc(F)cc2F)n(C)n1.